The zero-order valence-electron chi connectivity index (χ0n) is 17.9. The van der Waals surface area contributed by atoms with Gasteiger partial charge in [-0.15, -0.1) is 0 Å². The molecule has 4 rings (SSSR count). The summed E-state index contributed by atoms with van der Waals surface area (Å²) in [6, 6.07) is 11.6. The van der Waals surface area contributed by atoms with Crippen LogP contribution in [-0.2, 0) is 28.9 Å². The summed E-state index contributed by atoms with van der Waals surface area (Å²) in [4.78, 5) is 24.5. The van der Waals surface area contributed by atoms with Crippen molar-refractivity contribution in [2.75, 3.05) is 0 Å². The average Bonchev–Trinajstić information content (AvgIpc) is 3.07. The predicted octanol–water partition coefficient (Wildman–Crippen LogP) is 5.08. The van der Waals surface area contributed by atoms with Gasteiger partial charge in [-0.2, -0.15) is 0 Å². The second kappa shape index (κ2) is 9.33. The van der Waals surface area contributed by atoms with Crippen LogP contribution in [-0.4, -0.2) is 27.6 Å². The summed E-state index contributed by atoms with van der Waals surface area (Å²) in [5.41, 5.74) is 3.42. The number of carbonyl (C=O) groups excluding carboxylic acids is 1. The first-order valence-corrected chi connectivity index (χ1v) is 11.3. The highest BCUT2D eigenvalue weighted by Gasteiger charge is 2.32. The van der Waals surface area contributed by atoms with Crippen LogP contribution in [0.25, 0.3) is 10.9 Å². The molecule has 2 aromatic carbocycles. The lowest BCUT2D eigenvalue weighted by molar-refractivity contribution is -0.141. The first-order chi connectivity index (χ1) is 15.4. The van der Waals surface area contributed by atoms with Crippen molar-refractivity contribution in [3.8, 4) is 0 Å². The van der Waals surface area contributed by atoms with Gasteiger partial charge in [-0.3, -0.25) is 4.79 Å². The first kappa shape index (κ1) is 22.3. The zero-order chi connectivity index (χ0) is 22.8. The van der Waals surface area contributed by atoms with Crippen LogP contribution in [0, 0.1) is 5.82 Å². The monoisotopic (exact) mass is 456 g/mol. The number of halogens is 2. The third kappa shape index (κ3) is 4.37. The number of carboxylic acids is 1. The Kier molecular flexibility index (Phi) is 6.51. The average molecular weight is 457 g/mol. The molecule has 32 heavy (non-hydrogen) atoms. The lowest BCUT2D eigenvalue weighted by atomic mass is 9.91. The molecule has 1 aliphatic carbocycles. The van der Waals surface area contributed by atoms with Crippen LogP contribution < -0.4 is 5.32 Å². The van der Waals surface area contributed by atoms with Gasteiger partial charge < -0.3 is 15.0 Å². The molecule has 5 nitrogen and oxygen atoms in total. The molecule has 0 saturated heterocycles. The van der Waals surface area contributed by atoms with Gasteiger partial charge in [0.25, 0.3) is 0 Å². The molecule has 2 N–H and O–H groups in total. The number of amides is 1. The molecule has 2 unspecified atom stereocenters. The molecule has 7 heteroatoms. The molecule has 1 aliphatic rings. The van der Waals surface area contributed by atoms with E-state index in [9.17, 15) is 19.1 Å². The lowest BCUT2D eigenvalue weighted by Gasteiger charge is -2.26. The number of fused-ring (bicyclic) bond motifs is 3. The molecule has 2 atom stereocenters. The molecule has 1 amide bonds. The van der Waals surface area contributed by atoms with E-state index in [1.807, 2.05) is 37.3 Å². The quantitative estimate of drug-likeness (QED) is 0.521. The molecule has 1 heterocycles. The van der Waals surface area contributed by atoms with Gasteiger partial charge in [0.2, 0.25) is 5.91 Å². The summed E-state index contributed by atoms with van der Waals surface area (Å²) in [6.07, 6.45) is 3.25. The number of hydrogen-bond donors (Lipinski definition) is 2. The Labute approximate surface area is 191 Å². The summed E-state index contributed by atoms with van der Waals surface area (Å²) < 4.78 is 16.0. The van der Waals surface area contributed by atoms with Gasteiger partial charge in [0.05, 0.1) is 10.5 Å². The number of hydrogen-bond acceptors (Lipinski definition) is 2. The Morgan fingerprint density at radius 3 is 2.72 bits per heavy atom. The third-order valence-electron chi connectivity index (χ3n) is 6.25. The third-order valence-corrected chi connectivity index (χ3v) is 6.53. The molecule has 0 fully saturated rings. The van der Waals surface area contributed by atoms with E-state index in [-0.39, 0.29) is 17.0 Å². The number of carboxylic acid groups (broad SMARTS) is 1. The van der Waals surface area contributed by atoms with Gasteiger partial charge >= 0.3 is 5.97 Å². The van der Waals surface area contributed by atoms with Crippen molar-refractivity contribution in [1.82, 2.24) is 9.88 Å². The first-order valence-electron chi connectivity index (χ1n) is 11.0. The molecule has 168 valence electrons. The topological polar surface area (TPSA) is 71.3 Å². The molecule has 0 aliphatic heterocycles. The fourth-order valence-corrected chi connectivity index (χ4v) is 5.07. The Morgan fingerprint density at radius 2 is 2.03 bits per heavy atom. The number of nitrogens with one attached hydrogen (secondary N) is 1. The minimum Gasteiger partial charge on any atom is -0.480 e. The lowest BCUT2D eigenvalue weighted by Crippen LogP contribution is -2.39. The molecule has 0 radical (unpaired) electrons. The van der Waals surface area contributed by atoms with E-state index in [1.54, 1.807) is 4.57 Å². The van der Waals surface area contributed by atoms with E-state index in [4.69, 9.17) is 11.6 Å². The molecule has 3 aromatic rings. The number of carbonyl (C=O) groups is 2. The summed E-state index contributed by atoms with van der Waals surface area (Å²) in [5, 5.41) is 13.7. The maximum Gasteiger partial charge on any atom is 0.326 e. The number of benzene rings is 2. The second-order valence-corrected chi connectivity index (χ2v) is 8.74. The highest BCUT2D eigenvalue weighted by molar-refractivity contribution is 6.35. The fraction of sp³-hybridized carbons (Fsp3) is 0.360. The maximum absolute atomic E-state index is 14.2. The van der Waals surface area contributed by atoms with E-state index >= 15 is 0 Å². The Hall–Kier alpha value is -2.86. The fourth-order valence-electron chi connectivity index (χ4n) is 4.77. The minimum atomic E-state index is -0.941. The molecule has 0 saturated carbocycles. The summed E-state index contributed by atoms with van der Waals surface area (Å²) in [6.45, 7) is 1.81. The van der Waals surface area contributed by atoms with Crippen LogP contribution in [0.3, 0.4) is 0 Å². The van der Waals surface area contributed by atoms with Crippen molar-refractivity contribution < 1.29 is 19.1 Å². The molecule has 0 bridgehead atoms. The smallest absolute Gasteiger partial charge is 0.326 e. The summed E-state index contributed by atoms with van der Waals surface area (Å²) >= 11 is 6.39. The molecular weight excluding hydrogens is 431 g/mol. The van der Waals surface area contributed by atoms with Crippen molar-refractivity contribution in [2.45, 2.75) is 57.5 Å². The van der Waals surface area contributed by atoms with Crippen molar-refractivity contribution in [2.24, 2.45) is 0 Å². The number of rotatable bonds is 7. The van der Waals surface area contributed by atoms with Crippen molar-refractivity contribution >= 4 is 34.4 Å². The van der Waals surface area contributed by atoms with E-state index in [0.29, 0.717) is 49.4 Å². The van der Waals surface area contributed by atoms with E-state index < -0.39 is 17.8 Å². The van der Waals surface area contributed by atoms with Gasteiger partial charge in [0.15, 0.2) is 0 Å². The van der Waals surface area contributed by atoms with E-state index in [1.165, 1.54) is 12.1 Å². The Bertz CT molecular complexity index is 1160. The Balaban J connectivity index is 1.60. The van der Waals surface area contributed by atoms with Crippen LogP contribution in [0.2, 0.25) is 5.02 Å². The van der Waals surface area contributed by atoms with Crippen molar-refractivity contribution in [3.05, 3.63) is 70.1 Å². The molecule has 0 spiro atoms. The Morgan fingerprint density at radius 1 is 1.28 bits per heavy atom. The zero-order valence-corrected chi connectivity index (χ0v) is 18.7. The second-order valence-electron chi connectivity index (χ2n) is 8.33. The maximum atomic E-state index is 14.2. The number of aromatic nitrogens is 1. The van der Waals surface area contributed by atoms with Gasteiger partial charge in [-0.05, 0) is 55.4 Å². The standard InChI is InChI=1S/C25H26ClFN2O3/c1-2-21(25(31)32)29-22-10-9-17(28-23(30)11-8-15-6-4-3-5-7-15)14-18(22)19-12-16(27)13-20(26)24(19)29/h3-7,12-13,17,21H,2,8-11,14H2,1H3,(H,28,30)(H,31,32). The van der Waals surface area contributed by atoms with Crippen LogP contribution in [0.1, 0.15) is 49.0 Å². The number of aryl methyl sites for hydroxylation is 1. The van der Waals surface area contributed by atoms with Gasteiger partial charge in [0, 0.05) is 23.5 Å². The highest BCUT2D eigenvalue weighted by atomic mass is 35.5. The van der Waals surface area contributed by atoms with Gasteiger partial charge in [-0.25, -0.2) is 9.18 Å². The van der Waals surface area contributed by atoms with Gasteiger partial charge in [-0.1, -0.05) is 48.9 Å². The van der Waals surface area contributed by atoms with Crippen LogP contribution in [0.4, 0.5) is 4.39 Å². The van der Waals surface area contributed by atoms with E-state index in [2.05, 4.69) is 5.32 Å². The molecular formula is C25H26ClFN2O3. The van der Waals surface area contributed by atoms with Crippen molar-refractivity contribution in [3.63, 3.8) is 0 Å². The van der Waals surface area contributed by atoms with Crippen LogP contribution in [0.5, 0.6) is 0 Å². The van der Waals surface area contributed by atoms with Crippen molar-refractivity contribution in [1.29, 1.82) is 0 Å². The highest BCUT2D eigenvalue weighted by Crippen LogP contribution is 2.39. The summed E-state index contributed by atoms with van der Waals surface area (Å²) in [7, 11) is 0. The van der Waals surface area contributed by atoms with Gasteiger partial charge in [0.1, 0.15) is 11.9 Å². The van der Waals surface area contributed by atoms with E-state index in [0.717, 1.165) is 16.8 Å². The predicted molar refractivity (Wildman–Crippen MR) is 123 cm³/mol. The largest absolute Gasteiger partial charge is 0.480 e. The summed E-state index contributed by atoms with van der Waals surface area (Å²) in [5.74, 6) is -1.42. The minimum absolute atomic E-state index is 0.0211. The van der Waals surface area contributed by atoms with Crippen LogP contribution in [0.15, 0.2) is 42.5 Å². The van der Waals surface area contributed by atoms with Crippen LogP contribution >= 0.6 is 11.6 Å². The SMILES string of the molecule is CCC(C(=O)O)n1c2c(c3cc(F)cc(Cl)c31)CC(NC(=O)CCc1ccccc1)CC2. The number of aliphatic carboxylic acids is 1. The molecule has 1 aromatic heterocycles. The number of nitrogens with zero attached hydrogens (tertiary/aromatic N) is 1. The normalized spacial score (nSPS) is 16.5.